The number of H-pyrrole nitrogens is 1. The lowest BCUT2D eigenvalue weighted by Gasteiger charge is -2.28. The van der Waals surface area contributed by atoms with Gasteiger partial charge in [0.15, 0.2) is 0 Å². The summed E-state index contributed by atoms with van der Waals surface area (Å²) in [5.74, 6) is 0. The van der Waals surface area contributed by atoms with E-state index in [1.807, 2.05) is 0 Å². The van der Waals surface area contributed by atoms with E-state index in [9.17, 15) is 0 Å². The summed E-state index contributed by atoms with van der Waals surface area (Å²) in [5, 5.41) is 2.48. The first-order valence-corrected chi connectivity index (χ1v) is 10.9. The van der Waals surface area contributed by atoms with Gasteiger partial charge >= 0.3 is 0 Å². The summed E-state index contributed by atoms with van der Waals surface area (Å²) in [5.41, 5.74) is 8.15. The van der Waals surface area contributed by atoms with Crippen LogP contribution in [0.1, 0.15) is 0 Å². The molecule has 6 aromatic rings. The third-order valence-corrected chi connectivity index (χ3v) is 5.99. The van der Waals surface area contributed by atoms with Gasteiger partial charge in [-0.05, 0) is 48.0 Å². The number of rotatable bonds is 4. The average molecular weight is 411 g/mol. The molecule has 0 spiro atoms. The van der Waals surface area contributed by atoms with Crippen molar-refractivity contribution in [2.45, 2.75) is 0 Å². The van der Waals surface area contributed by atoms with Crippen molar-refractivity contribution in [3.63, 3.8) is 0 Å². The Morgan fingerprint density at radius 2 is 1.12 bits per heavy atom. The zero-order valence-electron chi connectivity index (χ0n) is 17.6. The molecule has 2 nitrogen and oxygen atoms in total. The van der Waals surface area contributed by atoms with Crippen molar-refractivity contribution in [1.29, 1.82) is 0 Å². The van der Waals surface area contributed by atoms with Crippen LogP contribution in [0.3, 0.4) is 0 Å². The van der Waals surface area contributed by atoms with Crippen LogP contribution in [0, 0.1) is 0 Å². The molecule has 0 fully saturated rings. The number of benzene rings is 5. The fourth-order valence-electron chi connectivity index (χ4n) is 4.51. The molecule has 2 heteroatoms. The highest BCUT2D eigenvalue weighted by atomic mass is 15.1. The summed E-state index contributed by atoms with van der Waals surface area (Å²) in [6.45, 7) is 0. The number of aromatic nitrogens is 1. The summed E-state index contributed by atoms with van der Waals surface area (Å²) in [4.78, 5) is 5.89. The van der Waals surface area contributed by atoms with Crippen LogP contribution in [0.4, 0.5) is 17.1 Å². The van der Waals surface area contributed by atoms with Gasteiger partial charge in [-0.15, -0.1) is 0 Å². The second-order valence-corrected chi connectivity index (χ2v) is 7.95. The maximum Gasteiger partial charge on any atom is 0.0540 e. The lowest BCUT2D eigenvalue weighted by Crippen LogP contribution is -2.11. The maximum atomic E-state index is 3.54. The molecule has 0 bridgehead atoms. The molecule has 0 saturated carbocycles. The molecule has 0 aliphatic carbocycles. The summed E-state index contributed by atoms with van der Waals surface area (Å²) in [7, 11) is 0. The van der Waals surface area contributed by atoms with Gasteiger partial charge in [0, 0.05) is 38.7 Å². The van der Waals surface area contributed by atoms with Gasteiger partial charge in [0.2, 0.25) is 0 Å². The number of nitrogens with one attached hydrogen (secondary N) is 1. The average Bonchev–Trinajstić information content (AvgIpc) is 3.24. The van der Waals surface area contributed by atoms with Crippen LogP contribution in [0.25, 0.3) is 32.9 Å². The zero-order chi connectivity index (χ0) is 21.3. The number of hydrogen-bond donors (Lipinski definition) is 1. The Kier molecular flexibility index (Phi) is 4.47. The van der Waals surface area contributed by atoms with Gasteiger partial charge < -0.3 is 9.88 Å². The topological polar surface area (TPSA) is 19.0 Å². The van der Waals surface area contributed by atoms with E-state index >= 15 is 0 Å². The molecule has 152 valence electrons. The van der Waals surface area contributed by atoms with Gasteiger partial charge in [0.1, 0.15) is 0 Å². The Hall–Kier alpha value is -4.30. The van der Waals surface area contributed by atoms with Crippen molar-refractivity contribution in [1.82, 2.24) is 4.98 Å². The lowest BCUT2D eigenvalue weighted by molar-refractivity contribution is 1.29. The number of anilines is 3. The van der Waals surface area contributed by atoms with Crippen LogP contribution >= 0.6 is 0 Å². The molecular formula is C30H22N2. The number of para-hydroxylation sites is 3. The minimum absolute atomic E-state index is 1.13. The summed E-state index contributed by atoms with van der Waals surface area (Å²) in [6.07, 6.45) is 0. The number of nitrogens with zero attached hydrogens (tertiary/aromatic N) is 1. The number of hydrogen-bond acceptors (Lipinski definition) is 1. The van der Waals surface area contributed by atoms with E-state index in [1.54, 1.807) is 0 Å². The van der Waals surface area contributed by atoms with Crippen LogP contribution in [-0.2, 0) is 0 Å². The van der Waals surface area contributed by atoms with Gasteiger partial charge in [0.05, 0.1) is 5.69 Å². The minimum Gasteiger partial charge on any atom is -0.355 e. The molecule has 32 heavy (non-hydrogen) atoms. The summed E-state index contributed by atoms with van der Waals surface area (Å²) >= 11 is 0. The van der Waals surface area contributed by atoms with E-state index in [-0.39, 0.29) is 0 Å². The van der Waals surface area contributed by atoms with Crippen molar-refractivity contribution in [3.8, 4) is 11.1 Å². The minimum atomic E-state index is 1.13. The highest BCUT2D eigenvalue weighted by Crippen LogP contribution is 2.41. The SMILES string of the molecule is c1ccc(-c2ccccc2N(c2ccccc2)c2ccc3[nH]c4ccccc4c3c2)cc1. The lowest BCUT2D eigenvalue weighted by atomic mass is 10.0. The fraction of sp³-hybridized carbons (Fsp3) is 0. The molecule has 0 atom stereocenters. The second-order valence-electron chi connectivity index (χ2n) is 7.95. The van der Waals surface area contributed by atoms with Crippen molar-refractivity contribution < 1.29 is 0 Å². The first-order chi connectivity index (χ1) is 15.9. The van der Waals surface area contributed by atoms with Crippen molar-refractivity contribution in [2.75, 3.05) is 4.90 Å². The van der Waals surface area contributed by atoms with E-state index in [0.29, 0.717) is 0 Å². The molecule has 6 rings (SSSR count). The van der Waals surface area contributed by atoms with Gasteiger partial charge in [-0.1, -0.05) is 84.9 Å². The van der Waals surface area contributed by atoms with Crippen LogP contribution in [0.2, 0.25) is 0 Å². The molecule has 0 amide bonds. The third-order valence-electron chi connectivity index (χ3n) is 5.99. The van der Waals surface area contributed by atoms with Crippen LogP contribution < -0.4 is 4.90 Å². The van der Waals surface area contributed by atoms with Crippen LogP contribution in [-0.4, -0.2) is 4.98 Å². The molecule has 0 aliphatic heterocycles. The monoisotopic (exact) mass is 410 g/mol. The molecule has 1 N–H and O–H groups in total. The zero-order valence-corrected chi connectivity index (χ0v) is 17.6. The molecule has 0 unspecified atom stereocenters. The molecule has 1 aromatic heterocycles. The van der Waals surface area contributed by atoms with E-state index in [4.69, 9.17) is 0 Å². The molecule has 0 radical (unpaired) electrons. The van der Waals surface area contributed by atoms with E-state index in [1.165, 1.54) is 21.9 Å². The molecule has 0 aliphatic rings. The summed E-state index contributed by atoms with van der Waals surface area (Å²) < 4.78 is 0. The predicted octanol–water partition coefficient (Wildman–Crippen LogP) is 8.46. The van der Waals surface area contributed by atoms with Crippen molar-refractivity contribution in [3.05, 3.63) is 127 Å². The molecule has 0 saturated heterocycles. The molecule has 1 heterocycles. The van der Waals surface area contributed by atoms with Crippen LogP contribution in [0.15, 0.2) is 127 Å². The highest BCUT2D eigenvalue weighted by Gasteiger charge is 2.17. The molecular weight excluding hydrogens is 388 g/mol. The van der Waals surface area contributed by atoms with Gasteiger partial charge in [-0.25, -0.2) is 0 Å². The first-order valence-electron chi connectivity index (χ1n) is 10.9. The van der Waals surface area contributed by atoms with Crippen LogP contribution in [0.5, 0.6) is 0 Å². The van der Waals surface area contributed by atoms with Gasteiger partial charge in [-0.3, -0.25) is 0 Å². The van der Waals surface area contributed by atoms with Gasteiger partial charge in [0.25, 0.3) is 0 Å². The predicted molar refractivity (Wildman–Crippen MR) is 136 cm³/mol. The van der Waals surface area contributed by atoms with Crippen molar-refractivity contribution in [2.24, 2.45) is 0 Å². The largest absolute Gasteiger partial charge is 0.355 e. The van der Waals surface area contributed by atoms with E-state index in [2.05, 4.69) is 137 Å². The maximum absolute atomic E-state index is 3.54. The molecule has 5 aromatic carbocycles. The van der Waals surface area contributed by atoms with Gasteiger partial charge in [-0.2, -0.15) is 0 Å². The second kappa shape index (κ2) is 7.75. The Morgan fingerprint density at radius 1 is 0.469 bits per heavy atom. The first kappa shape index (κ1) is 18.5. The van der Waals surface area contributed by atoms with Crippen molar-refractivity contribution >= 4 is 38.9 Å². The Labute approximate surface area is 187 Å². The smallest absolute Gasteiger partial charge is 0.0540 e. The normalized spacial score (nSPS) is 11.1. The Balaban J connectivity index is 1.61. The summed E-state index contributed by atoms with van der Waals surface area (Å²) in [6, 6.07) is 45.0. The number of fused-ring (bicyclic) bond motifs is 3. The Bertz CT molecular complexity index is 1510. The number of aromatic amines is 1. The third kappa shape index (κ3) is 3.14. The highest BCUT2D eigenvalue weighted by molar-refractivity contribution is 6.08. The van der Waals surface area contributed by atoms with E-state index in [0.717, 1.165) is 28.1 Å². The quantitative estimate of drug-likeness (QED) is 0.309. The fourth-order valence-corrected chi connectivity index (χ4v) is 4.51. The standard InChI is InChI=1S/C30H22N2/c1-3-11-22(12-4-1)25-15-8-10-18-30(25)32(23-13-5-2-6-14-23)24-19-20-29-27(21-24)26-16-7-9-17-28(26)31-29/h1-21,31H. The Morgan fingerprint density at radius 3 is 1.97 bits per heavy atom. The van der Waals surface area contributed by atoms with E-state index < -0.39 is 0 Å².